The maximum Gasteiger partial charge on any atom is 0.426 e. The second-order valence-corrected chi connectivity index (χ2v) is 7.10. The topological polar surface area (TPSA) is 60.9 Å². The lowest BCUT2D eigenvalue weighted by atomic mass is 10.0. The summed E-state index contributed by atoms with van der Waals surface area (Å²) in [6.07, 6.45) is -5.06. The Kier molecular flexibility index (Phi) is 5.66. The first kappa shape index (κ1) is 20.9. The number of hydrogen-bond acceptors (Lipinski definition) is 3. The van der Waals surface area contributed by atoms with Crippen molar-refractivity contribution in [3.63, 3.8) is 0 Å². The van der Waals surface area contributed by atoms with Gasteiger partial charge in [-0.05, 0) is 30.2 Å². The van der Waals surface area contributed by atoms with Crippen molar-refractivity contribution in [2.24, 2.45) is 0 Å². The second-order valence-electron chi connectivity index (χ2n) is 7.10. The molecule has 0 spiro atoms. The van der Waals surface area contributed by atoms with Crippen LogP contribution in [0.2, 0.25) is 0 Å². The van der Waals surface area contributed by atoms with Gasteiger partial charge in [0.1, 0.15) is 0 Å². The third-order valence-corrected chi connectivity index (χ3v) is 5.06. The van der Waals surface area contributed by atoms with E-state index < -0.39 is 17.7 Å². The molecule has 1 heterocycles. The zero-order valence-corrected chi connectivity index (χ0v) is 15.8. The summed E-state index contributed by atoms with van der Waals surface area (Å²) in [5.74, 6) is -1.65. The molecule has 2 aromatic rings. The van der Waals surface area contributed by atoms with E-state index in [1.807, 2.05) is 42.5 Å². The zero-order chi connectivity index (χ0) is 21.2. The predicted molar refractivity (Wildman–Crippen MR) is 101 cm³/mol. The largest absolute Gasteiger partial charge is 0.426 e. The molecule has 2 aromatic carbocycles. The van der Waals surface area contributed by atoms with Crippen LogP contribution in [0.15, 0.2) is 54.6 Å². The number of benzene rings is 2. The van der Waals surface area contributed by atoms with Crippen LogP contribution in [0.5, 0.6) is 0 Å². The molecule has 0 aliphatic carbocycles. The molecule has 1 unspecified atom stereocenters. The number of piperazine rings is 1. The van der Waals surface area contributed by atoms with Crippen molar-refractivity contribution >= 4 is 11.8 Å². The third-order valence-electron chi connectivity index (χ3n) is 5.06. The Morgan fingerprint density at radius 1 is 0.828 bits per heavy atom. The first-order chi connectivity index (χ1) is 13.6. The monoisotopic (exact) mass is 406 g/mol. The summed E-state index contributed by atoms with van der Waals surface area (Å²) in [4.78, 5) is 27.1. The third kappa shape index (κ3) is 4.27. The number of halogens is 3. The molecule has 1 aliphatic heterocycles. The van der Waals surface area contributed by atoms with Gasteiger partial charge in [0, 0.05) is 31.7 Å². The standard InChI is InChI=1S/C21H21F3N2O3/c1-20(29,21(22,23)24)19(28)26-13-11-25(12-14-26)18(27)17-9-7-16(8-10-17)15-5-3-2-4-6-15/h2-10,29H,11-14H2,1H3. The van der Waals surface area contributed by atoms with Gasteiger partial charge in [-0.25, -0.2) is 0 Å². The van der Waals surface area contributed by atoms with Crippen LogP contribution in [0.3, 0.4) is 0 Å². The molecule has 8 heteroatoms. The molecule has 1 atom stereocenters. The van der Waals surface area contributed by atoms with Crippen LogP contribution in [-0.2, 0) is 4.79 Å². The Bertz CT molecular complexity index is 872. The van der Waals surface area contributed by atoms with Crippen molar-refractivity contribution < 1.29 is 27.9 Å². The molecule has 1 N–H and O–H groups in total. The minimum atomic E-state index is -5.06. The normalized spacial score (nSPS) is 17.0. The maximum atomic E-state index is 12.9. The van der Waals surface area contributed by atoms with Crippen LogP contribution in [0, 0.1) is 0 Å². The highest BCUT2D eigenvalue weighted by molar-refractivity contribution is 5.95. The summed E-state index contributed by atoms with van der Waals surface area (Å²) < 4.78 is 38.6. The quantitative estimate of drug-likeness (QED) is 0.853. The maximum absolute atomic E-state index is 12.9. The van der Waals surface area contributed by atoms with Crippen molar-refractivity contribution in [2.75, 3.05) is 26.2 Å². The molecule has 154 valence electrons. The summed E-state index contributed by atoms with van der Waals surface area (Å²) in [5.41, 5.74) is -0.985. The second kappa shape index (κ2) is 7.87. The molecule has 0 saturated carbocycles. The van der Waals surface area contributed by atoms with Gasteiger partial charge in [-0.15, -0.1) is 0 Å². The number of alkyl halides is 3. The van der Waals surface area contributed by atoms with Gasteiger partial charge in [0.25, 0.3) is 11.8 Å². The van der Waals surface area contributed by atoms with E-state index in [0.717, 1.165) is 16.0 Å². The summed E-state index contributed by atoms with van der Waals surface area (Å²) in [6.45, 7) is 0.497. The fourth-order valence-electron chi connectivity index (χ4n) is 3.16. The average Bonchev–Trinajstić information content (AvgIpc) is 2.73. The van der Waals surface area contributed by atoms with E-state index in [1.165, 1.54) is 4.90 Å². The fraction of sp³-hybridized carbons (Fsp3) is 0.333. The van der Waals surface area contributed by atoms with E-state index in [2.05, 4.69) is 0 Å². The van der Waals surface area contributed by atoms with Crippen LogP contribution in [0.25, 0.3) is 11.1 Å². The number of carbonyl (C=O) groups is 2. The van der Waals surface area contributed by atoms with Crippen LogP contribution in [0.4, 0.5) is 13.2 Å². The molecule has 2 amide bonds. The highest BCUT2D eigenvalue weighted by Crippen LogP contribution is 2.32. The van der Waals surface area contributed by atoms with Crippen LogP contribution in [0.1, 0.15) is 17.3 Å². The smallest absolute Gasteiger partial charge is 0.373 e. The zero-order valence-electron chi connectivity index (χ0n) is 15.8. The SMILES string of the molecule is CC(O)(C(=O)N1CCN(C(=O)c2ccc(-c3ccccc3)cc2)CC1)C(F)(F)F. The van der Waals surface area contributed by atoms with Crippen molar-refractivity contribution in [1.82, 2.24) is 9.80 Å². The number of aliphatic hydroxyl groups is 1. The Morgan fingerprint density at radius 2 is 1.31 bits per heavy atom. The summed E-state index contributed by atoms with van der Waals surface area (Å²) in [6, 6.07) is 16.8. The number of amides is 2. The van der Waals surface area contributed by atoms with E-state index >= 15 is 0 Å². The fourth-order valence-corrected chi connectivity index (χ4v) is 3.16. The van der Waals surface area contributed by atoms with Crippen molar-refractivity contribution in [3.8, 4) is 11.1 Å². The van der Waals surface area contributed by atoms with Gasteiger partial charge in [-0.1, -0.05) is 42.5 Å². The first-order valence-corrected chi connectivity index (χ1v) is 9.14. The lowest BCUT2D eigenvalue weighted by Crippen LogP contribution is -2.60. The van der Waals surface area contributed by atoms with Crippen molar-refractivity contribution in [1.29, 1.82) is 0 Å². The molecule has 0 aromatic heterocycles. The molecule has 1 aliphatic rings. The molecule has 3 rings (SSSR count). The van der Waals surface area contributed by atoms with Crippen LogP contribution in [-0.4, -0.2) is 64.7 Å². The number of rotatable bonds is 3. The molecule has 1 fully saturated rings. The van der Waals surface area contributed by atoms with E-state index in [4.69, 9.17) is 0 Å². The minimum absolute atomic E-state index is 0.0705. The highest BCUT2D eigenvalue weighted by atomic mass is 19.4. The Balaban J connectivity index is 1.62. The van der Waals surface area contributed by atoms with Gasteiger partial charge in [0.15, 0.2) is 0 Å². The lowest BCUT2D eigenvalue weighted by Gasteiger charge is -2.38. The highest BCUT2D eigenvalue weighted by Gasteiger charge is 2.57. The molecule has 1 saturated heterocycles. The van der Waals surface area contributed by atoms with Crippen molar-refractivity contribution in [2.45, 2.75) is 18.7 Å². The molecule has 0 radical (unpaired) electrons. The van der Waals surface area contributed by atoms with Crippen LogP contribution < -0.4 is 0 Å². The Morgan fingerprint density at radius 3 is 1.83 bits per heavy atom. The van der Waals surface area contributed by atoms with Crippen LogP contribution >= 0.6 is 0 Å². The molecule has 5 nitrogen and oxygen atoms in total. The van der Waals surface area contributed by atoms with Crippen molar-refractivity contribution in [3.05, 3.63) is 60.2 Å². The molecule has 0 bridgehead atoms. The number of carbonyl (C=O) groups excluding carboxylic acids is 2. The number of hydrogen-bond donors (Lipinski definition) is 1. The van der Waals surface area contributed by atoms with E-state index in [-0.39, 0.29) is 32.1 Å². The van der Waals surface area contributed by atoms with Gasteiger partial charge in [0.05, 0.1) is 0 Å². The average molecular weight is 406 g/mol. The Labute approximate surface area is 166 Å². The first-order valence-electron chi connectivity index (χ1n) is 9.14. The summed E-state index contributed by atoms with van der Waals surface area (Å²) >= 11 is 0. The molecular formula is C21H21F3N2O3. The van der Waals surface area contributed by atoms with Gasteiger partial charge < -0.3 is 14.9 Å². The minimum Gasteiger partial charge on any atom is -0.373 e. The van der Waals surface area contributed by atoms with Gasteiger partial charge in [0.2, 0.25) is 5.60 Å². The summed E-state index contributed by atoms with van der Waals surface area (Å²) in [5, 5.41) is 9.55. The Hall–Kier alpha value is -2.87. The van der Waals surface area contributed by atoms with E-state index in [1.54, 1.807) is 12.1 Å². The van der Waals surface area contributed by atoms with E-state index in [9.17, 15) is 27.9 Å². The summed E-state index contributed by atoms with van der Waals surface area (Å²) in [7, 11) is 0. The van der Waals surface area contributed by atoms with Gasteiger partial charge in [-0.3, -0.25) is 9.59 Å². The van der Waals surface area contributed by atoms with Gasteiger partial charge >= 0.3 is 6.18 Å². The predicted octanol–water partition coefficient (Wildman–Crippen LogP) is 2.95. The van der Waals surface area contributed by atoms with E-state index in [0.29, 0.717) is 12.5 Å². The molecular weight excluding hydrogens is 385 g/mol. The van der Waals surface area contributed by atoms with Gasteiger partial charge in [-0.2, -0.15) is 13.2 Å². The number of nitrogens with zero attached hydrogens (tertiary/aromatic N) is 2. The lowest BCUT2D eigenvalue weighted by molar-refractivity contribution is -0.250. The molecule has 29 heavy (non-hydrogen) atoms.